The van der Waals surface area contributed by atoms with Crippen molar-refractivity contribution in [1.82, 2.24) is 9.55 Å². The molecule has 2 aromatic carbocycles. The summed E-state index contributed by atoms with van der Waals surface area (Å²) in [6.07, 6.45) is 5.75. The first-order chi connectivity index (χ1) is 13.2. The van der Waals surface area contributed by atoms with E-state index in [-0.39, 0.29) is 5.56 Å². The molecule has 140 valence electrons. The number of rotatable bonds is 7. The van der Waals surface area contributed by atoms with Crippen LogP contribution in [0.4, 0.5) is 0 Å². The Hall–Kier alpha value is -3.08. The molecular formula is C22H24N2O3. The van der Waals surface area contributed by atoms with E-state index < -0.39 is 0 Å². The molecule has 0 saturated carbocycles. The minimum atomic E-state index is 0.000937. The Balaban J connectivity index is 2.05. The third kappa shape index (κ3) is 4.03. The zero-order valence-corrected chi connectivity index (χ0v) is 15.9. The van der Waals surface area contributed by atoms with Crippen molar-refractivity contribution in [1.29, 1.82) is 0 Å². The van der Waals surface area contributed by atoms with Crippen LogP contribution < -0.4 is 15.0 Å². The minimum absolute atomic E-state index is 0.000937. The van der Waals surface area contributed by atoms with E-state index in [1.54, 1.807) is 18.8 Å². The van der Waals surface area contributed by atoms with Gasteiger partial charge in [-0.2, -0.15) is 0 Å². The van der Waals surface area contributed by atoms with E-state index in [2.05, 4.69) is 6.92 Å². The highest BCUT2D eigenvalue weighted by atomic mass is 16.5. The van der Waals surface area contributed by atoms with E-state index in [9.17, 15) is 4.79 Å². The average Bonchev–Trinajstić information content (AvgIpc) is 2.71. The van der Waals surface area contributed by atoms with Gasteiger partial charge in [0.05, 0.1) is 25.1 Å². The molecule has 1 aromatic heterocycles. The lowest BCUT2D eigenvalue weighted by atomic mass is 10.1. The van der Waals surface area contributed by atoms with Crippen molar-refractivity contribution in [3.05, 3.63) is 64.2 Å². The Labute approximate surface area is 158 Å². The van der Waals surface area contributed by atoms with Crippen LogP contribution in [0.1, 0.15) is 31.2 Å². The number of ether oxygens (including phenoxy) is 2. The average molecular weight is 364 g/mol. The number of hydrogen-bond acceptors (Lipinski definition) is 4. The first kappa shape index (κ1) is 18.7. The van der Waals surface area contributed by atoms with E-state index in [0.29, 0.717) is 34.8 Å². The highest BCUT2D eigenvalue weighted by Gasteiger charge is 2.09. The minimum Gasteiger partial charge on any atom is -0.493 e. The lowest BCUT2D eigenvalue weighted by Crippen LogP contribution is -2.24. The van der Waals surface area contributed by atoms with Crippen molar-refractivity contribution in [2.75, 3.05) is 14.2 Å². The molecule has 0 N–H and O–H groups in total. The fourth-order valence-corrected chi connectivity index (χ4v) is 2.97. The first-order valence-electron chi connectivity index (χ1n) is 9.07. The Kier molecular flexibility index (Phi) is 5.91. The number of hydrogen-bond donors (Lipinski definition) is 0. The van der Waals surface area contributed by atoms with Gasteiger partial charge in [-0.05, 0) is 42.3 Å². The van der Waals surface area contributed by atoms with Gasteiger partial charge in [0, 0.05) is 6.54 Å². The maximum absolute atomic E-state index is 12.9. The normalized spacial score (nSPS) is 11.2. The molecule has 0 radical (unpaired) electrons. The molecule has 0 aliphatic carbocycles. The van der Waals surface area contributed by atoms with Crippen LogP contribution in [0.25, 0.3) is 23.1 Å². The van der Waals surface area contributed by atoms with Crippen molar-refractivity contribution < 1.29 is 9.47 Å². The second-order valence-corrected chi connectivity index (χ2v) is 6.25. The maximum atomic E-state index is 12.9. The first-order valence-corrected chi connectivity index (χ1v) is 9.07. The van der Waals surface area contributed by atoms with E-state index in [0.717, 1.165) is 18.4 Å². The Morgan fingerprint density at radius 2 is 1.81 bits per heavy atom. The van der Waals surface area contributed by atoms with Crippen LogP contribution in [0.5, 0.6) is 11.5 Å². The number of aromatic nitrogens is 2. The van der Waals surface area contributed by atoms with Gasteiger partial charge in [0.25, 0.3) is 5.56 Å². The van der Waals surface area contributed by atoms with Gasteiger partial charge in [0.2, 0.25) is 0 Å². The van der Waals surface area contributed by atoms with Gasteiger partial charge in [0.1, 0.15) is 5.82 Å². The van der Waals surface area contributed by atoms with Crippen LogP contribution in [0.2, 0.25) is 0 Å². The number of nitrogens with zero attached hydrogens (tertiary/aromatic N) is 2. The summed E-state index contributed by atoms with van der Waals surface area (Å²) in [6.45, 7) is 2.76. The topological polar surface area (TPSA) is 53.4 Å². The fourth-order valence-electron chi connectivity index (χ4n) is 2.97. The van der Waals surface area contributed by atoms with Gasteiger partial charge in [-0.15, -0.1) is 0 Å². The van der Waals surface area contributed by atoms with Gasteiger partial charge >= 0.3 is 0 Å². The summed E-state index contributed by atoms with van der Waals surface area (Å²) in [4.78, 5) is 17.6. The summed E-state index contributed by atoms with van der Waals surface area (Å²) in [5, 5.41) is 0.650. The lowest BCUT2D eigenvalue weighted by molar-refractivity contribution is 0.355. The number of para-hydroxylation sites is 1. The molecule has 1 heterocycles. The van der Waals surface area contributed by atoms with Crippen LogP contribution in [-0.2, 0) is 6.54 Å². The van der Waals surface area contributed by atoms with Gasteiger partial charge in [-0.3, -0.25) is 9.36 Å². The summed E-state index contributed by atoms with van der Waals surface area (Å²) in [6, 6.07) is 13.2. The largest absolute Gasteiger partial charge is 0.493 e. The molecule has 0 saturated heterocycles. The molecule has 0 aliphatic heterocycles. The molecule has 5 heteroatoms. The van der Waals surface area contributed by atoms with Gasteiger partial charge < -0.3 is 9.47 Å². The number of fused-ring (bicyclic) bond motifs is 1. The molecule has 0 fully saturated rings. The second-order valence-electron chi connectivity index (χ2n) is 6.25. The molecule has 0 amide bonds. The quantitative estimate of drug-likeness (QED) is 0.624. The number of benzene rings is 2. The monoisotopic (exact) mass is 364 g/mol. The zero-order chi connectivity index (χ0) is 19.2. The van der Waals surface area contributed by atoms with E-state index in [1.807, 2.05) is 54.6 Å². The molecule has 3 rings (SSSR count). The van der Waals surface area contributed by atoms with Crippen molar-refractivity contribution in [2.45, 2.75) is 26.3 Å². The van der Waals surface area contributed by atoms with Crippen molar-refractivity contribution in [3.63, 3.8) is 0 Å². The lowest BCUT2D eigenvalue weighted by Gasteiger charge is -2.11. The van der Waals surface area contributed by atoms with Gasteiger partial charge in [-0.25, -0.2) is 4.98 Å². The number of unbranched alkanes of at least 4 members (excludes halogenated alkanes) is 1. The fraction of sp³-hybridized carbons (Fsp3) is 0.273. The van der Waals surface area contributed by atoms with Crippen LogP contribution in [-0.4, -0.2) is 23.8 Å². The Morgan fingerprint density at radius 1 is 1.04 bits per heavy atom. The molecule has 3 aromatic rings. The van der Waals surface area contributed by atoms with Gasteiger partial charge in [-0.1, -0.05) is 37.6 Å². The predicted octanol–water partition coefficient (Wildman–Crippen LogP) is 4.38. The van der Waals surface area contributed by atoms with Crippen molar-refractivity contribution in [2.24, 2.45) is 0 Å². The standard InChI is InChI=1S/C22H24N2O3/c1-4-5-14-24-21(23-18-9-7-6-8-17(18)22(24)25)13-11-16-10-12-19(26-2)20(15-16)27-3/h6-13,15H,4-5,14H2,1-3H3/b13-11+. The summed E-state index contributed by atoms with van der Waals surface area (Å²) >= 11 is 0. The smallest absolute Gasteiger partial charge is 0.261 e. The van der Waals surface area contributed by atoms with Crippen LogP contribution in [0, 0.1) is 0 Å². The second kappa shape index (κ2) is 8.54. The highest BCUT2D eigenvalue weighted by Crippen LogP contribution is 2.28. The summed E-state index contributed by atoms with van der Waals surface area (Å²) in [5.41, 5.74) is 1.65. The van der Waals surface area contributed by atoms with Gasteiger partial charge in [0.15, 0.2) is 11.5 Å². The molecule has 5 nitrogen and oxygen atoms in total. The van der Waals surface area contributed by atoms with E-state index in [1.165, 1.54) is 0 Å². The van der Waals surface area contributed by atoms with Crippen LogP contribution in [0.15, 0.2) is 47.3 Å². The SMILES string of the molecule is CCCCn1c(/C=C/c2ccc(OC)c(OC)c2)nc2ccccc2c1=O. The Morgan fingerprint density at radius 3 is 2.56 bits per heavy atom. The maximum Gasteiger partial charge on any atom is 0.261 e. The summed E-state index contributed by atoms with van der Waals surface area (Å²) < 4.78 is 12.4. The zero-order valence-electron chi connectivity index (χ0n) is 15.9. The third-order valence-electron chi connectivity index (χ3n) is 4.46. The third-order valence-corrected chi connectivity index (χ3v) is 4.46. The van der Waals surface area contributed by atoms with E-state index >= 15 is 0 Å². The number of methoxy groups -OCH3 is 2. The summed E-state index contributed by atoms with van der Waals surface area (Å²) in [7, 11) is 3.22. The van der Waals surface area contributed by atoms with Crippen LogP contribution >= 0.6 is 0 Å². The molecule has 27 heavy (non-hydrogen) atoms. The Bertz CT molecular complexity index is 1020. The molecule has 0 atom stereocenters. The molecular weight excluding hydrogens is 340 g/mol. The highest BCUT2D eigenvalue weighted by molar-refractivity contribution is 5.79. The van der Waals surface area contributed by atoms with Crippen molar-refractivity contribution >= 4 is 23.1 Å². The predicted molar refractivity (Wildman–Crippen MR) is 109 cm³/mol. The van der Waals surface area contributed by atoms with Crippen LogP contribution in [0.3, 0.4) is 0 Å². The van der Waals surface area contributed by atoms with Crippen molar-refractivity contribution in [3.8, 4) is 11.5 Å². The molecule has 0 aliphatic rings. The van der Waals surface area contributed by atoms with E-state index in [4.69, 9.17) is 14.5 Å². The molecule has 0 unspecified atom stereocenters. The molecule has 0 bridgehead atoms. The summed E-state index contributed by atoms with van der Waals surface area (Å²) in [5.74, 6) is 2.00. The molecule has 0 spiro atoms.